The molecule has 0 aromatic heterocycles. The minimum absolute atomic E-state index is 0.468. The first-order valence-corrected chi connectivity index (χ1v) is 8.82. The van der Waals surface area contributed by atoms with Crippen LogP contribution in [-0.4, -0.2) is 36.1 Å². The van der Waals surface area contributed by atoms with Crippen LogP contribution in [0.1, 0.15) is 71.1 Å². The van der Waals surface area contributed by atoms with Crippen LogP contribution in [0.4, 0.5) is 0 Å². The molecule has 2 nitrogen and oxygen atoms in total. The smallest absolute Gasteiger partial charge is 0.0309 e. The van der Waals surface area contributed by atoms with Crippen LogP contribution in [0, 0.1) is 5.92 Å². The molecule has 0 radical (unpaired) electrons. The highest BCUT2D eigenvalue weighted by Crippen LogP contribution is 2.37. The van der Waals surface area contributed by atoms with E-state index in [0.717, 1.165) is 12.0 Å². The van der Waals surface area contributed by atoms with Gasteiger partial charge in [-0.05, 0) is 64.0 Å². The fourth-order valence-electron chi connectivity index (χ4n) is 5.09. The van der Waals surface area contributed by atoms with Gasteiger partial charge in [0.05, 0.1) is 0 Å². The molecule has 1 aliphatic carbocycles. The third-order valence-electron chi connectivity index (χ3n) is 5.92. The summed E-state index contributed by atoms with van der Waals surface area (Å²) in [6, 6.07) is 0.929. The molecule has 0 aromatic carbocycles. The van der Waals surface area contributed by atoms with E-state index in [2.05, 4.69) is 17.1 Å². The van der Waals surface area contributed by atoms with Gasteiger partial charge in [0, 0.05) is 18.1 Å². The lowest BCUT2D eigenvalue weighted by Gasteiger charge is -2.38. The van der Waals surface area contributed by atoms with Crippen molar-refractivity contribution in [2.45, 2.75) is 82.7 Å². The quantitative estimate of drug-likeness (QED) is 0.817. The van der Waals surface area contributed by atoms with Gasteiger partial charge in [-0.15, -0.1) is 0 Å². The minimum Gasteiger partial charge on any atom is -0.310 e. The third-order valence-corrected chi connectivity index (χ3v) is 5.92. The molecule has 0 spiro atoms. The van der Waals surface area contributed by atoms with Gasteiger partial charge in [0.1, 0.15) is 0 Å². The third kappa shape index (κ3) is 3.00. The molecule has 19 heavy (non-hydrogen) atoms. The van der Waals surface area contributed by atoms with Gasteiger partial charge < -0.3 is 5.32 Å². The van der Waals surface area contributed by atoms with E-state index in [9.17, 15) is 0 Å². The van der Waals surface area contributed by atoms with Crippen LogP contribution in [0.5, 0.6) is 0 Å². The molecule has 110 valence electrons. The predicted octanol–water partition coefficient (Wildman–Crippen LogP) is 3.56. The second kappa shape index (κ2) is 6.13. The molecule has 2 aliphatic heterocycles. The Kier molecular flexibility index (Phi) is 4.48. The molecule has 2 saturated heterocycles. The van der Waals surface area contributed by atoms with Crippen molar-refractivity contribution in [3.63, 3.8) is 0 Å². The summed E-state index contributed by atoms with van der Waals surface area (Å²) >= 11 is 0. The lowest BCUT2D eigenvalue weighted by Crippen LogP contribution is -2.52. The first kappa shape index (κ1) is 13.9. The standard InChI is InChI=1S/C17H32N2/c1-2-10-17(11-6-12-18-17)14-19-13-5-9-16(19)15-7-3-4-8-15/h15-16,18H,2-14H2,1H3. The Balaban J connectivity index is 1.63. The van der Waals surface area contributed by atoms with E-state index in [1.165, 1.54) is 83.8 Å². The Morgan fingerprint density at radius 3 is 2.63 bits per heavy atom. The van der Waals surface area contributed by atoms with E-state index in [0.29, 0.717) is 5.54 Å². The first-order chi connectivity index (χ1) is 9.33. The van der Waals surface area contributed by atoms with Gasteiger partial charge in [0.25, 0.3) is 0 Å². The van der Waals surface area contributed by atoms with Gasteiger partial charge in [-0.1, -0.05) is 26.2 Å². The molecular formula is C17H32N2. The zero-order valence-corrected chi connectivity index (χ0v) is 12.8. The average molecular weight is 264 g/mol. The van der Waals surface area contributed by atoms with Gasteiger partial charge >= 0.3 is 0 Å². The molecule has 2 heteroatoms. The molecular weight excluding hydrogens is 232 g/mol. The van der Waals surface area contributed by atoms with E-state index in [4.69, 9.17) is 0 Å². The summed E-state index contributed by atoms with van der Waals surface area (Å²) in [7, 11) is 0. The van der Waals surface area contributed by atoms with Gasteiger partial charge in [0.2, 0.25) is 0 Å². The molecule has 1 saturated carbocycles. The predicted molar refractivity (Wildman–Crippen MR) is 81.4 cm³/mol. The molecule has 2 unspecified atom stereocenters. The number of hydrogen-bond donors (Lipinski definition) is 1. The van der Waals surface area contributed by atoms with Gasteiger partial charge in [-0.3, -0.25) is 4.90 Å². The fraction of sp³-hybridized carbons (Fsp3) is 1.00. The maximum atomic E-state index is 3.87. The molecule has 3 aliphatic rings. The Hall–Kier alpha value is -0.0800. The lowest BCUT2D eigenvalue weighted by atomic mass is 9.89. The normalized spacial score (nSPS) is 37.4. The number of hydrogen-bond acceptors (Lipinski definition) is 2. The Bertz CT molecular complexity index is 277. The van der Waals surface area contributed by atoms with E-state index < -0.39 is 0 Å². The second-order valence-corrected chi connectivity index (χ2v) is 7.29. The molecule has 2 atom stereocenters. The number of rotatable bonds is 5. The van der Waals surface area contributed by atoms with Crippen LogP contribution in [0.15, 0.2) is 0 Å². The average Bonchev–Trinajstić information content (AvgIpc) is 3.10. The Morgan fingerprint density at radius 1 is 1.11 bits per heavy atom. The van der Waals surface area contributed by atoms with Gasteiger partial charge in [-0.25, -0.2) is 0 Å². The van der Waals surface area contributed by atoms with Crippen molar-refractivity contribution in [2.75, 3.05) is 19.6 Å². The van der Waals surface area contributed by atoms with Crippen LogP contribution in [0.3, 0.4) is 0 Å². The van der Waals surface area contributed by atoms with E-state index in [1.54, 1.807) is 0 Å². The summed E-state index contributed by atoms with van der Waals surface area (Å²) < 4.78 is 0. The van der Waals surface area contributed by atoms with E-state index in [1.807, 2.05) is 0 Å². The van der Waals surface area contributed by atoms with Crippen molar-refractivity contribution >= 4 is 0 Å². The number of likely N-dealkylation sites (tertiary alicyclic amines) is 1. The minimum atomic E-state index is 0.468. The van der Waals surface area contributed by atoms with Crippen molar-refractivity contribution in [1.29, 1.82) is 0 Å². The summed E-state index contributed by atoms with van der Waals surface area (Å²) in [6.45, 7) is 6.30. The molecule has 3 fully saturated rings. The van der Waals surface area contributed by atoms with E-state index >= 15 is 0 Å². The van der Waals surface area contributed by atoms with Gasteiger partial charge in [0.15, 0.2) is 0 Å². The summed E-state index contributed by atoms with van der Waals surface area (Å²) in [6.07, 6.45) is 14.4. The molecule has 1 N–H and O–H groups in total. The summed E-state index contributed by atoms with van der Waals surface area (Å²) in [4.78, 5) is 2.88. The molecule has 2 heterocycles. The second-order valence-electron chi connectivity index (χ2n) is 7.29. The zero-order chi connectivity index (χ0) is 13.1. The van der Waals surface area contributed by atoms with Crippen molar-refractivity contribution in [3.8, 4) is 0 Å². The highest BCUT2D eigenvalue weighted by molar-refractivity contribution is 4.98. The Morgan fingerprint density at radius 2 is 1.95 bits per heavy atom. The van der Waals surface area contributed by atoms with Crippen LogP contribution in [0.25, 0.3) is 0 Å². The SMILES string of the molecule is CCCC1(CN2CCCC2C2CCCC2)CCCN1. The van der Waals surface area contributed by atoms with Crippen LogP contribution in [0.2, 0.25) is 0 Å². The van der Waals surface area contributed by atoms with Gasteiger partial charge in [-0.2, -0.15) is 0 Å². The molecule has 0 bridgehead atoms. The monoisotopic (exact) mass is 264 g/mol. The van der Waals surface area contributed by atoms with Crippen molar-refractivity contribution in [1.82, 2.24) is 10.2 Å². The van der Waals surface area contributed by atoms with Crippen molar-refractivity contribution < 1.29 is 0 Å². The van der Waals surface area contributed by atoms with Crippen LogP contribution < -0.4 is 5.32 Å². The fourth-order valence-corrected chi connectivity index (χ4v) is 5.09. The lowest BCUT2D eigenvalue weighted by molar-refractivity contribution is 0.136. The van der Waals surface area contributed by atoms with E-state index in [-0.39, 0.29) is 0 Å². The highest BCUT2D eigenvalue weighted by atomic mass is 15.2. The summed E-state index contributed by atoms with van der Waals surface area (Å²) in [5, 5.41) is 3.87. The highest BCUT2D eigenvalue weighted by Gasteiger charge is 2.40. The Labute approximate surface area is 119 Å². The maximum Gasteiger partial charge on any atom is 0.0309 e. The summed E-state index contributed by atoms with van der Waals surface area (Å²) in [5.41, 5.74) is 0.468. The van der Waals surface area contributed by atoms with Crippen molar-refractivity contribution in [2.24, 2.45) is 5.92 Å². The van der Waals surface area contributed by atoms with Crippen molar-refractivity contribution in [3.05, 3.63) is 0 Å². The summed E-state index contributed by atoms with van der Waals surface area (Å²) in [5.74, 6) is 1.03. The molecule has 0 amide bonds. The number of nitrogens with zero attached hydrogens (tertiary/aromatic N) is 1. The topological polar surface area (TPSA) is 15.3 Å². The first-order valence-electron chi connectivity index (χ1n) is 8.82. The van der Waals surface area contributed by atoms with Crippen LogP contribution in [-0.2, 0) is 0 Å². The largest absolute Gasteiger partial charge is 0.310 e. The molecule has 0 aromatic rings. The zero-order valence-electron chi connectivity index (χ0n) is 12.8. The number of nitrogens with one attached hydrogen (secondary N) is 1. The molecule has 3 rings (SSSR count). The maximum absolute atomic E-state index is 3.87. The van der Waals surface area contributed by atoms with Crippen LogP contribution >= 0.6 is 0 Å².